The van der Waals surface area contributed by atoms with Crippen LogP contribution in [0.4, 0.5) is 10.5 Å². The maximum absolute atomic E-state index is 12.2. The lowest BCUT2D eigenvalue weighted by Gasteiger charge is -2.26. The van der Waals surface area contributed by atoms with Gasteiger partial charge in [-0.15, -0.1) is 0 Å². The third-order valence-corrected chi connectivity index (χ3v) is 6.00. The van der Waals surface area contributed by atoms with Crippen LogP contribution >= 0.6 is 0 Å². The van der Waals surface area contributed by atoms with E-state index in [2.05, 4.69) is 16.4 Å². The van der Waals surface area contributed by atoms with Crippen LogP contribution in [-0.4, -0.2) is 36.5 Å². The number of hydrogen-bond donors (Lipinski definition) is 2. The summed E-state index contributed by atoms with van der Waals surface area (Å²) in [6, 6.07) is 15.3. The number of hydrogen-bond acceptors (Lipinski definition) is 5. The number of nitrogens with zero attached hydrogens (tertiary/aromatic N) is 1. The number of amides is 1. The van der Waals surface area contributed by atoms with Gasteiger partial charge in [0, 0.05) is 23.6 Å². The van der Waals surface area contributed by atoms with Gasteiger partial charge in [-0.1, -0.05) is 32.9 Å². The van der Waals surface area contributed by atoms with E-state index >= 15 is 0 Å². The van der Waals surface area contributed by atoms with Crippen molar-refractivity contribution in [2.75, 3.05) is 18.5 Å². The van der Waals surface area contributed by atoms with E-state index < -0.39 is 6.09 Å². The van der Waals surface area contributed by atoms with Crippen LogP contribution in [0.3, 0.4) is 0 Å². The summed E-state index contributed by atoms with van der Waals surface area (Å²) in [6.07, 6.45) is 0.219. The molecule has 1 aliphatic rings. The van der Waals surface area contributed by atoms with E-state index in [9.17, 15) is 10.1 Å². The summed E-state index contributed by atoms with van der Waals surface area (Å²) in [7, 11) is 0. The summed E-state index contributed by atoms with van der Waals surface area (Å²) in [4.78, 5) is 15.5. The Labute approximate surface area is 193 Å². The van der Waals surface area contributed by atoms with E-state index in [0.29, 0.717) is 17.9 Å². The third-order valence-electron chi connectivity index (χ3n) is 6.00. The molecule has 33 heavy (non-hydrogen) atoms. The van der Waals surface area contributed by atoms with Crippen LogP contribution in [0, 0.1) is 16.7 Å². The van der Waals surface area contributed by atoms with Crippen molar-refractivity contribution in [3.63, 3.8) is 0 Å². The highest BCUT2D eigenvalue weighted by molar-refractivity contribution is 5.94. The molecule has 2 N–H and O–H groups in total. The van der Waals surface area contributed by atoms with Crippen LogP contribution in [0.25, 0.3) is 22.2 Å². The molecule has 2 atom stereocenters. The summed E-state index contributed by atoms with van der Waals surface area (Å²) in [5.41, 5.74) is 3.45. The average Bonchev–Trinajstić information content (AvgIpc) is 3.40. The summed E-state index contributed by atoms with van der Waals surface area (Å²) >= 11 is 0. The van der Waals surface area contributed by atoms with Gasteiger partial charge in [0.15, 0.2) is 0 Å². The van der Waals surface area contributed by atoms with Crippen LogP contribution in [0.1, 0.15) is 39.7 Å². The second kappa shape index (κ2) is 9.16. The molecule has 1 aliphatic heterocycles. The molecule has 0 aliphatic carbocycles. The van der Waals surface area contributed by atoms with Gasteiger partial charge in [-0.05, 0) is 42.2 Å². The zero-order chi connectivity index (χ0) is 23.6. The van der Waals surface area contributed by atoms with Gasteiger partial charge in [0.1, 0.15) is 24.0 Å². The van der Waals surface area contributed by atoms with Gasteiger partial charge < -0.3 is 19.2 Å². The number of benzene rings is 2. The molecule has 1 aromatic heterocycles. The Morgan fingerprint density at radius 3 is 2.64 bits per heavy atom. The normalized spacial score (nSPS) is 16.9. The molecular weight excluding hydrogens is 418 g/mol. The number of carbonyl (C=O) groups excluding carboxylic acids is 1. The molecule has 4 rings (SSSR count). The number of anilines is 1. The standard InChI is InChI=1S/C26H29N3O4/c1-16(26(2,3)4)32-25(30)28-18-7-5-17(6-8-18)24-22(14-27)21-10-9-19(13-23(21)29-24)33-20-11-12-31-15-20/h5-10,13,16,20,29H,11-12,15H2,1-4H3,(H,28,30). The van der Waals surface area contributed by atoms with Crippen LogP contribution < -0.4 is 10.1 Å². The molecule has 1 fully saturated rings. The largest absolute Gasteiger partial charge is 0.488 e. The molecule has 0 radical (unpaired) electrons. The minimum atomic E-state index is -0.492. The van der Waals surface area contributed by atoms with Crippen molar-refractivity contribution in [3.05, 3.63) is 48.0 Å². The highest BCUT2D eigenvalue weighted by Gasteiger charge is 2.24. The van der Waals surface area contributed by atoms with Gasteiger partial charge in [0.2, 0.25) is 0 Å². The van der Waals surface area contributed by atoms with Crippen molar-refractivity contribution in [2.24, 2.45) is 5.41 Å². The first kappa shape index (κ1) is 22.7. The molecule has 172 valence electrons. The van der Waals surface area contributed by atoms with Gasteiger partial charge in [-0.25, -0.2) is 4.79 Å². The quantitative estimate of drug-likeness (QED) is 0.511. The second-order valence-corrected chi connectivity index (χ2v) is 9.41. The number of carbonyl (C=O) groups is 1. The molecule has 7 heteroatoms. The molecule has 1 saturated heterocycles. The lowest BCUT2D eigenvalue weighted by Crippen LogP contribution is -2.30. The van der Waals surface area contributed by atoms with Crippen molar-refractivity contribution in [3.8, 4) is 23.1 Å². The molecule has 0 spiro atoms. The molecular formula is C26H29N3O4. The van der Waals surface area contributed by atoms with Gasteiger partial charge in [0.05, 0.1) is 30.0 Å². The highest BCUT2D eigenvalue weighted by atomic mass is 16.6. The summed E-state index contributed by atoms with van der Waals surface area (Å²) < 4.78 is 16.8. The van der Waals surface area contributed by atoms with Crippen molar-refractivity contribution in [1.29, 1.82) is 5.26 Å². The molecule has 2 aromatic carbocycles. The van der Waals surface area contributed by atoms with E-state index in [0.717, 1.165) is 40.9 Å². The minimum absolute atomic E-state index is 0.0606. The maximum Gasteiger partial charge on any atom is 0.411 e. The molecule has 2 heterocycles. The predicted molar refractivity (Wildman–Crippen MR) is 127 cm³/mol. The van der Waals surface area contributed by atoms with E-state index in [4.69, 9.17) is 14.2 Å². The fourth-order valence-corrected chi connectivity index (χ4v) is 3.59. The monoisotopic (exact) mass is 447 g/mol. The Morgan fingerprint density at radius 1 is 1.24 bits per heavy atom. The molecule has 0 bridgehead atoms. The second-order valence-electron chi connectivity index (χ2n) is 9.41. The zero-order valence-corrected chi connectivity index (χ0v) is 19.4. The van der Waals surface area contributed by atoms with Crippen LogP contribution in [-0.2, 0) is 9.47 Å². The lowest BCUT2D eigenvalue weighted by atomic mass is 9.90. The molecule has 0 saturated carbocycles. The fraction of sp³-hybridized carbons (Fsp3) is 0.385. The van der Waals surface area contributed by atoms with E-state index in [-0.39, 0.29) is 17.6 Å². The lowest BCUT2D eigenvalue weighted by molar-refractivity contribution is 0.0528. The van der Waals surface area contributed by atoms with Crippen LogP contribution in [0.15, 0.2) is 42.5 Å². The molecule has 2 unspecified atom stereocenters. The molecule has 1 amide bonds. The summed E-state index contributed by atoms with van der Waals surface area (Å²) in [5.74, 6) is 0.748. The topological polar surface area (TPSA) is 96.4 Å². The summed E-state index contributed by atoms with van der Waals surface area (Å²) in [5, 5.41) is 13.4. The Balaban J connectivity index is 1.52. The Hall–Kier alpha value is -3.50. The minimum Gasteiger partial charge on any atom is -0.488 e. The molecule has 7 nitrogen and oxygen atoms in total. The van der Waals surface area contributed by atoms with Crippen LogP contribution in [0.2, 0.25) is 0 Å². The van der Waals surface area contributed by atoms with Crippen LogP contribution in [0.5, 0.6) is 5.75 Å². The Kier molecular flexibility index (Phi) is 6.30. The van der Waals surface area contributed by atoms with Crippen molar-refractivity contribution >= 4 is 22.7 Å². The number of aromatic amines is 1. The van der Waals surface area contributed by atoms with Crippen molar-refractivity contribution in [2.45, 2.75) is 46.3 Å². The SMILES string of the molecule is CC(OC(=O)Nc1ccc(-c2[nH]c3cc(OC4CCOC4)ccc3c2C#N)cc1)C(C)(C)C. The molecule has 3 aromatic rings. The van der Waals surface area contributed by atoms with Crippen molar-refractivity contribution < 1.29 is 19.0 Å². The number of aromatic nitrogens is 1. The smallest absolute Gasteiger partial charge is 0.411 e. The highest BCUT2D eigenvalue weighted by Crippen LogP contribution is 2.33. The number of H-pyrrole nitrogens is 1. The first-order valence-electron chi connectivity index (χ1n) is 11.1. The summed E-state index contributed by atoms with van der Waals surface area (Å²) in [6.45, 7) is 9.25. The van der Waals surface area contributed by atoms with Gasteiger partial charge >= 0.3 is 6.09 Å². The first-order chi connectivity index (χ1) is 15.7. The Morgan fingerprint density at radius 2 is 2.00 bits per heavy atom. The first-order valence-corrected chi connectivity index (χ1v) is 11.1. The number of ether oxygens (including phenoxy) is 3. The average molecular weight is 448 g/mol. The Bertz CT molecular complexity index is 1180. The van der Waals surface area contributed by atoms with Crippen molar-refractivity contribution in [1.82, 2.24) is 4.98 Å². The van der Waals surface area contributed by atoms with Gasteiger partial charge in [0.25, 0.3) is 0 Å². The zero-order valence-electron chi connectivity index (χ0n) is 19.4. The predicted octanol–water partition coefficient (Wildman–Crippen LogP) is 5.86. The fourth-order valence-electron chi connectivity index (χ4n) is 3.59. The maximum atomic E-state index is 12.2. The number of nitrogens with one attached hydrogen (secondary N) is 2. The number of rotatable bonds is 5. The van der Waals surface area contributed by atoms with E-state index in [1.54, 1.807) is 12.1 Å². The number of fused-ring (bicyclic) bond motifs is 1. The van der Waals surface area contributed by atoms with E-state index in [1.807, 2.05) is 58.0 Å². The van der Waals surface area contributed by atoms with Gasteiger partial charge in [-0.3, -0.25) is 5.32 Å². The number of nitriles is 1. The van der Waals surface area contributed by atoms with Gasteiger partial charge in [-0.2, -0.15) is 5.26 Å². The third kappa shape index (κ3) is 5.12. The van der Waals surface area contributed by atoms with E-state index in [1.165, 1.54) is 0 Å².